The Hall–Kier alpha value is -1.58. The summed E-state index contributed by atoms with van der Waals surface area (Å²) < 4.78 is 5.39. The topological polar surface area (TPSA) is 47.0 Å². The third-order valence-electron chi connectivity index (χ3n) is 1.67. The summed E-state index contributed by atoms with van der Waals surface area (Å²) in [6.07, 6.45) is 7.04. The highest BCUT2D eigenvalue weighted by atomic mass is 16.5. The lowest BCUT2D eigenvalue weighted by molar-refractivity contribution is 0.299. The molecule has 1 N–H and O–H groups in total. The first-order valence-corrected chi connectivity index (χ1v) is 4.60. The molecular formula is C10H15N3O. The van der Waals surface area contributed by atoms with E-state index in [-0.39, 0.29) is 0 Å². The lowest BCUT2D eigenvalue weighted by atomic mass is 10.3. The van der Waals surface area contributed by atoms with E-state index in [0.717, 1.165) is 12.8 Å². The van der Waals surface area contributed by atoms with Crippen LogP contribution in [0.1, 0.15) is 12.8 Å². The SMILES string of the molecule is C=CCCCOc1cncc(NC)n1. The van der Waals surface area contributed by atoms with E-state index in [2.05, 4.69) is 21.9 Å². The van der Waals surface area contributed by atoms with Crippen LogP contribution in [0, 0.1) is 0 Å². The number of nitrogens with one attached hydrogen (secondary N) is 1. The quantitative estimate of drug-likeness (QED) is 0.553. The summed E-state index contributed by atoms with van der Waals surface area (Å²) in [5, 5.41) is 2.90. The fourth-order valence-electron chi connectivity index (χ4n) is 0.942. The summed E-state index contributed by atoms with van der Waals surface area (Å²) in [6, 6.07) is 0. The minimum absolute atomic E-state index is 0.556. The zero-order valence-electron chi connectivity index (χ0n) is 8.36. The molecule has 1 aromatic rings. The molecule has 1 rings (SSSR count). The summed E-state index contributed by atoms with van der Waals surface area (Å²) >= 11 is 0. The van der Waals surface area contributed by atoms with Crippen molar-refractivity contribution in [2.24, 2.45) is 0 Å². The maximum atomic E-state index is 5.39. The second kappa shape index (κ2) is 5.96. The van der Waals surface area contributed by atoms with Crippen LogP contribution in [0.4, 0.5) is 5.82 Å². The second-order valence-corrected chi connectivity index (χ2v) is 2.77. The highest BCUT2D eigenvalue weighted by Crippen LogP contribution is 2.08. The molecule has 14 heavy (non-hydrogen) atoms. The van der Waals surface area contributed by atoms with Gasteiger partial charge in [0.2, 0.25) is 5.88 Å². The third-order valence-corrected chi connectivity index (χ3v) is 1.67. The lowest BCUT2D eigenvalue weighted by Gasteiger charge is -2.04. The van der Waals surface area contributed by atoms with Crippen molar-refractivity contribution in [1.82, 2.24) is 9.97 Å². The van der Waals surface area contributed by atoms with Crippen molar-refractivity contribution in [2.45, 2.75) is 12.8 Å². The smallest absolute Gasteiger partial charge is 0.234 e. The molecule has 0 aliphatic heterocycles. The summed E-state index contributed by atoms with van der Waals surface area (Å²) in [6.45, 7) is 4.29. The molecule has 0 aliphatic rings. The van der Waals surface area contributed by atoms with E-state index in [4.69, 9.17) is 4.74 Å². The van der Waals surface area contributed by atoms with E-state index in [0.29, 0.717) is 18.3 Å². The summed E-state index contributed by atoms with van der Waals surface area (Å²) in [5.41, 5.74) is 0. The van der Waals surface area contributed by atoms with E-state index < -0.39 is 0 Å². The van der Waals surface area contributed by atoms with Gasteiger partial charge in [-0.05, 0) is 12.8 Å². The number of unbranched alkanes of at least 4 members (excludes halogenated alkanes) is 1. The van der Waals surface area contributed by atoms with Gasteiger partial charge < -0.3 is 10.1 Å². The van der Waals surface area contributed by atoms with Gasteiger partial charge >= 0.3 is 0 Å². The Morgan fingerprint density at radius 2 is 2.43 bits per heavy atom. The first kappa shape index (κ1) is 10.5. The Labute approximate surface area is 84.0 Å². The zero-order chi connectivity index (χ0) is 10.2. The van der Waals surface area contributed by atoms with Gasteiger partial charge in [0.05, 0.1) is 19.0 Å². The monoisotopic (exact) mass is 193 g/mol. The zero-order valence-corrected chi connectivity index (χ0v) is 8.36. The normalized spacial score (nSPS) is 9.50. The van der Waals surface area contributed by atoms with Gasteiger partial charge in [0.25, 0.3) is 0 Å². The van der Waals surface area contributed by atoms with Crippen molar-refractivity contribution < 1.29 is 4.74 Å². The summed E-state index contributed by atoms with van der Waals surface area (Å²) in [5.74, 6) is 1.27. The second-order valence-electron chi connectivity index (χ2n) is 2.77. The molecule has 0 unspecified atom stereocenters. The highest BCUT2D eigenvalue weighted by Gasteiger charge is 1.96. The Bertz CT molecular complexity index is 288. The van der Waals surface area contributed by atoms with Crippen molar-refractivity contribution >= 4 is 5.82 Å². The predicted molar refractivity (Wildman–Crippen MR) is 56.5 cm³/mol. The van der Waals surface area contributed by atoms with E-state index in [1.54, 1.807) is 19.4 Å². The molecule has 1 heterocycles. The highest BCUT2D eigenvalue weighted by molar-refractivity contribution is 5.31. The van der Waals surface area contributed by atoms with Gasteiger partial charge in [-0.1, -0.05) is 6.08 Å². The van der Waals surface area contributed by atoms with Gasteiger partial charge in [-0.15, -0.1) is 6.58 Å². The van der Waals surface area contributed by atoms with Crippen LogP contribution in [-0.2, 0) is 0 Å². The Morgan fingerprint density at radius 1 is 1.57 bits per heavy atom. The Kier molecular flexibility index (Phi) is 4.47. The molecule has 0 aliphatic carbocycles. The molecule has 4 heteroatoms. The van der Waals surface area contributed by atoms with E-state index >= 15 is 0 Å². The van der Waals surface area contributed by atoms with Crippen molar-refractivity contribution in [3.05, 3.63) is 25.0 Å². The maximum absolute atomic E-state index is 5.39. The first-order chi connectivity index (χ1) is 6.86. The van der Waals surface area contributed by atoms with Crippen LogP contribution in [0.2, 0.25) is 0 Å². The summed E-state index contributed by atoms with van der Waals surface area (Å²) in [4.78, 5) is 8.15. The number of nitrogens with zero attached hydrogens (tertiary/aromatic N) is 2. The van der Waals surface area contributed by atoms with Crippen molar-refractivity contribution in [3.8, 4) is 5.88 Å². The van der Waals surface area contributed by atoms with Crippen molar-refractivity contribution in [2.75, 3.05) is 19.0 Å². The van der Waals surface area contributed by atoms with Crippen LogP contribution < -0.4 is 10.1 Å². The van der Waals surface area contributed by atoms with Crippen LogP contribution in [0.5, 0.6) is 5.88 Å². The molecule has 0 saturated heterocycles. The maximum Gasteiger partial charge on any atom is 0.234 e. The summed E-state index contributed by atoms with van der Waals surface area (Å²) in [7, 11) is 1.80. The molecule has 76 valence electrons. The molecule has 0 aromatic carbocycles. The molecule has 1 aromatic heterocycles. The largest absolute Gasteiger partial charge is 0.477 e. The number of ether oxygens (including phenoxy) is 1. The third kappa shape index (κ3) is 3.43. The average Bonchev–Trinajstić information content (AvgIpc) is 2.25. The first-order valence-electron chi connectivity index (χ1n) is 4.60. The number of allylic oxidation sites excluding steroid dienone is 1. The van der Waals surface area contributed by atoms with Gasteiger partial charge in [0.15, 0.2) is 0 Å². The minimum atomic E-state index is 0.556. The van der Waals surface area contributed by atoms with Crippen LogP contribution in [0.15, 0.2) is 25.0 Å². The standard InChI is InChI=1S/C10H15N3O/c1-3-4-5-6-14-10-8-12-7-9(11-2)13-10/h3,7-8H,1,4-6H2,2H3,(H,11,13). The number of hydrogen-bond acceptors (Lipinski definition) is 4. The van der Waals surface area contributed by atoms with Crippen molar-refractivity contribution in [3.63, 3.8) is 0 Å². The van der Waals surface area contributed by atoms with E-state index in [9.17, 15) is 0 Å². The van der Waals surface area contributed by atoms with Crippen LogP contribution in [0.3, 0.4) is 0 Å². The average molecular weight is 193 g/mol. The van der Waals surface area contributed by atoms with Crippen LogP contribution in [-0.4, -0.2) is 23.6 Å². The molecule has 0 atom stereocenters. The van der Waals surface area contributed by atoms with E-state index in [1.807, 2.05) is 6.08 Å². The Morgan fingerprint density at radius 3 is 3.14 bits per heavy atom. The molecule has 0 bridgehead atoms. The van der Waals surface area contributed by atoms with Gasteiger partial charge in [-0.2, -0.15) is 4.98 Å². The molecule has 0 saturated carbocycles. The molecule has 4 nitrogen and oxygen atoms in total. The van der Waals surface area contributed by atoms with Crippen LogP contribution >= 0.6 is 0 Å². The number of anilines is 1. The molecule has 0 radical (unpaired) electrons. The van der Waals surface area contributed by atoms with Gasteiger partial charge in [0, 0.05) is 7.05 Å². The molecule has 0 amide bonds. The number of rotatable bonds is 6. The van der Waals surface area contributed by atoms with Crippen molar-refractivity contribution in [1.29, 1.82) is 0 Å². The number of hydrogen-bond donors (Lipinski definition) is 1. The molecule has 0 spiro atoms. The van der Waals surface area contributed by atoms with Gasteiger partial charge in [-0.3, -0.25) is 4.98 Å². The number of aromatic nitrogens is 2. The molecule has 0 fully saturated rings. The Balaban J connectivity index is 2.38. The van der Waals surface area contributed by atoms with Gasteiger partial charge in [-0.25, -0.2) is 0 Å². The van der Waals surface area contributed by atoms with Crippen LogP contribution in [0.25, 0.3) is 0 Å². The van der Waals surface area contributed by atoms with E-state index in [1.165, 1.54) is 0 Å². The lowest BCUT2D eigenvalue weighted by Crippen LogP contribution is -2.01. The van der Waals surface area contributed by atoms with Gasteiger partial charge in [0.1, 0.15) is 5.82 Å². The molecular weight excluding hydrogens is 178 g/mol. The predicted octanol–water partition coefficient (Wildman–Crippen LogP) is 1.86. The fourth-order valence-corrected chi connectivity index (χ4v) is 0.942. The minimum Gasteiger partial charge on any atom is -0.477 e. The fraction of sp³-hybridized carbons (Fsp3) is 0.400.